The fourth-order valence-corrected chi connectivity index (χ4v) is 3.58. The molecule has 1 aliphatic carbocycles. The number of sulfone groups is 1. The van der Waals surface area contributed by atoms with Gasteiger partial charge in [-0.25, -0.2) is 13.2 Å². The van der Waals surface area contributed by atoms with Crippen LogP contribution in [0.2, 0.25) is 0 Å². The molecule has 1 rings (SSSR count). The summed E-state index contributed by atoms with van der Waals surface area (Å²) in [6.07, 6.45) is 3.85. The molecule has 0 heterocycles. The highest BCUT2D eigenvalue weighted by Crippen LogP contribution is 2.37. The Morgan fingerprint density at radius 3 is 2.20 bits per heavy atom. The van der Waals surface area contributed by atoms with Crippen molar-refractivity contribution in [2.24, 2.45) is 5.41 Å². The molecule has 5 nitrogen and oxygen atoms in total. The van der Waals surface area contributed by atoms with E-state index in [2.05, 4.69) is 12.2 Å². The smallest absolute Gasteiger partial charge is 0.407 e. The predicted molar refractivity (Wildman–Crippen MR) is 79.4 cm³/mol. The van der Waals surface area contributed by atoms with Gasteiger partial charge in [0.2, 0.25) is 0 Å². The second-order valence-electron chi connectivity index (χ2n) is 7.19. The SMILES string of the molecule is CC1(CNC(=O)OC(C)(C)C)CCC(S(C)(=O)=O)CC1. The number of rotatable bonds is 3. The highest BCUT2D eigenvalue weighted by atomic mass is 32.2. The van der Waals surface area contributed by atoms with Gasteiger partial charge < -0.3 is 10.1 Å². The molecule has 0 aromatic carbocycles. The van der Waals surface area contributed by atoms with Gasteiger partial charge in [0.05, 0.1) is 5.25 Å². The quantitative estimate of drug-likeness (QED) is 0.869. The fraction of sp³-hybridized carbons (Fsp3) is 0.929. The number of carbonyl (C=O) groups excluding carboxylic acids is 1. The summed E-state index contributed by atoms with van der Waals surface area (Å²) in [7, 11) is -2.94. The zero-order chi connectivity index (χ0) is 15.6. The van der Waals surface area contributed by atoms with Gasteiger partial charge in [0.15, 0.2) is 0 Å². The van der Waals surface area contributed by atoms with Crippen molar-refractivity contribution in [2.75, 3.05) is 12.8 Å². The summed E-state index contributed by atoms with van der Waals surface area (Å²) < 4.78 is 28.3. The third kappa shape index (κ3) is 5.69. The Labute approximate surface area is 122 Å². The Morgan fingerprint density at radius 1 is 1.30 bits per heavy atom. The average molecular weight is 305 g/mol. The Bertz CT molecular complexity index is 442. The molecule has 1 aliphatic rings. The largest absolute Gasteiger partial charge is 0.444 e. The van der Waals surface area contributed by atoms with Crippen molar-refractivity contribution in [3.8, 4) is 0 Å². The summed E-state index contributed by atoms with van der Waals surface area (Å²) >= 11 is 0. The zero-order valence-corrected chi connectivity index (χ0v) is 14.0. The fourth-order valence-electron chi connectivity index (χ4n) is 2.49. The Balaban J connectivity index is 2.44. The monoisotopic (exact) mass is 305 g/mol. The van der Waals surface area contributed by atoms with E-state index in [4.69, 9.17) is 4.74 Å². The van der Waals surface area contributed by atoms with Crippen LogP contribution >= 0.6 is 0 Å². The van der Waals surface area contributed by atoms with E-state index in [1.165, 1.54) is 6.26 Å². The molecule has 1 amide bonds. The summed E-state index contributed by atoms with van der Waals surface area (Å²) in [5, 5.41) is 2.57. The molecule has 1 fully saturated rings. The highest BCUT2D eigenvalue weighted by molar-refractivity contribution is 7.91. The van der Waals surface area contributed by atoms with Gasteiger partial charge in [-0.1, -0.05) is 6.92 Å². The number of amides is 1. The van der Waals surface area contributed by atoms with Crippen LogP contribution in [0.1, 0.15) is 53.4 Å². The number of ether oxygens (including phenoxy) is 1. The van der Waals surface area contributed by atoms with Gasteiger partial charge in [0.25, 0.3) is 0 Å². The first-order valence-electron chi connectivity index (χ1n) is 7.07. The van der Waals surface area contributed by atoms with Crippen LogP contribution in [0.4, 0.5) is 4.79 Å². The van der Waals surface area contributed by atoms with E-state index >= 15 is 0 Å². The lowest BCUT2D eigenvalue weighted by Crippen LogP contribution is -2.42. The van der Waals surface area contributed by atoms with Crippen molar-refractivity contribution < 1.29 is 17.9 Å². The third-order valence-corrected chi connectivity index (χ3v) is 5.49. The standard InChI is InChI=1S/C14H27NO4S/c1-13(2,3)19-12(16)15-10-14(4)8-6-11(7-9-14)20(5,17)18/h11H,6-10H2,1-5H3,(H,15,16). The minimum absolute atomic E-state index is 0.0436. The molecule has 0 aliphatic heterocycles. The number of hydrogen-bond donors (Lipinski definition) is 1. The molecule has 6 heteroatoms. The highest BCUT2D eigenvalue weighted by Gasteiger charge is 2.35. The van der Waals surface area contributed by atoms with Crippen molar-refractivity contribution in [1.29, 1.82) is 0 Å². The molecule has 0 spiro atoms. The van der Waals surface area contributed by atoms with Crippen LogP contribution in [0, 0.1) is 5.41 Å². The Kier molecular flexibility index (Phi) is 5.11. The van der Waals surface area contributed by atoms with Gasteiger partial charge in [-0.3, -0.25) is 0 Å². The minimum Gasteiger partial charge on any atom is -0.444 e. The summed E-state index contributed by atoms with van der Waals surface area (Å²) in [5.41, 5.74) is -0.545. The maximum Gasteiger partial charge on any atom is 0.407 e. The number of hydrogen-bond acceptors (Lipinski definition) is 4. The third-order valence-electron chi connectivity index (χ3n) is 3.80. The molecule has 0 bridgehead atoms. The number of carbonyl (C=O) groups is 1. The number of nitrogens with one attached hydrogen (secondary N) is 1. The van der Waals surface area contributed by atoms with Gasteiger partial charge in [0.1, 0.15) is 15.4 Å². The van der Waals surface area contributed by atoms with Crippen LogP contribution in [0.25, 0.3) is 0 Å². The van der Waals surface area contributed by atoms with Crippen molar-refractivity contribution in [1.82, 2.24) is 5.32 Å². The van der Waals surface area contributed by atoms with Crippen molar-refractivity contribution in [3.63, 3.8) is 0 Å². The van der Waals surface area contributed by atoms with E-state index in [1.54, 1.807) is 0 Å². The molecule has 1 N–H and O–H groups in total. The summed E-state index contributed by atoms with van der Waals surface area (Å²) in [5.74, 6) is 0. The summed E-state index contributed by atoms with van der Waals surface area (Å²) in [4.78, 5) is 11.6. The first-order valence-corrected chi connectivity index (χ1v) is 9.02. The molecule has 0 aromatic rings. The van der Waals surface area contributed by atoms with Crippen LogP contribution in [0.15, 0.2) is 0 Å². The second-order valence-corrected chi connectivity index (χ2v) is 9.52. The molecule has 0 aromatic heterocycles. The van der Waals surface area contributed by atoms with E-state index in [9.17, 15) is 13.2 Å². The molecule has 118 valence electrons. The van der Waals surface area contributed by atoms with Crippen molar-refractivity contribution >= 4 is 15.9 Å². The summed E-state index contributed by atoms with van der Waals surface area (Å²) in [6.45, 7) is 8.09. The molecular weight excluding hydrogens is 278 g/mol. The Morgan fingerprint density at radius 2 is 1.80 bits per heavy atom. The molecular formula is C14H27NO4S. The van der Waals surface area contributed by atoms with E-state index in [1.807, 2.05) is 20.8 Å². The van der Waals surface area contributed by atoms with Gasteiger partial charge in [-0.05, 0) is 51.9 Å². The van der Waals surface area contributed by atoms with E-state index in [0.717, 1.165) is 12.8 Å². The summed E-state index contributed by atoms with van der Waals surface area (Å²) in [6, 6.07) is 0. The lowest BCUT2D eigenvalue weighted by atomic mass is 9.75. The molecule has 1 saturated carbocycles. The maximum absolute atomic E-state index is 11.6. The second kappa shape index (κ2) is 5.92. The molecule has 0 atom stereocenters. The Hall–Kier alpha value is -0.780. The van der Waals surface area contributed by atoms with Gasteiger partial charge in [0, 0.05) is 12.8 Å². The molecule has 0 saturated heterocycles. The lowest BCUT2D eigenvalue weighted by Gasteiger charge is -2.36. The minimum atomic E-state index is -2.94. The van der Waals surface area contributed by atoms with Crippen LogP contribution < -0.4 is 5.32 Å². The van der Waals surface area contributed by atoms with Gasteiger partial charge >= 0.3 is 6.09 Å². The molecule has 0 unspecified atom stereocenters. The molecule has 0 radical (unpaired) electrons. The van der Waals surface area contributed by atoms with E-state index in [-0.39, 0.29) is 10.7 Å². The van der Waals surface area contributed by atoms with Crippen LogP contribution in [-0.4, -0.2) is 38.2 Å². The lowest BCUT2D eigenvalue weighted by molar-refractivity contribution is 0.0491. The molecule has 20 heavy (non-hydrogen) atoms. The van der Waals surface area contributed by atoms with Crippen molar-refractivity contribution in [3.05, 3.63) is 0 Å². The topological polar surface area (TPSA) is 72.5 Å². The number of alkyl carbamates (subject to hydrolysis) is 1. The van der Waals surface area contributed by atoms with Gasteiger partial charge in [-0.2, -0.15) is 0 Å². The maximum atomic E-state index is 11.6. The average Bonchev–Trinajstić information content (AvgIpc) is 2.23. The zero-order valence-electron chi connectivity index (χ0n) is 13.2. The van der Waals surface area contributed by atoms with E-state index in [0.29, 0.717) is 19.4 Å². The van der Waals surface area contributed by atoms with E-state index < -0.39 is 21.5 Å². The normalized spacial score (nSPS) is 27.9. The first kappa shape index (κ1) is 17.3. The van der Waals surface area contributed by atoms with Crippen LogP contribution in [0.3, 0.4) is 0 Å². The van der Waals surface area contributed by atoms with Crippen LogP contribution in [-0.2, 0) is 14.6 Å². The first-order chi connectivity index (χ1) is 8.91. The van der Waals surface area contributed by atoms with Gasteiger partial charge in [-0.15, -0.1) is 0 Å². The predicted octanol–water partition coefficient (Wildman–Crippen LogP) is 2.50. The van der Waals surface area contributed by atoms with Crippen molar-refractivity contribution in [2.45, 2.75) is 64.2 Å². The van der Waals surface area contributed by atoms with Crippen LogP contribution in [0.5, 0.6) is 0 Å².